The van der Waals surface area contributed by atoms with Crippen molar-refractivity contribution in [3.63, 3.8) is 0 Å². The average Bonchev–Trinajstić information content (AvgIpc) is 3.16. The van der Waals surface area contributed by atoms with Gasteiger partial charge in [-0.2, -0.15) is 5.26 Å². The van der Waals surface area contributed by atoms with Crippen molar-refractivity contribution in [2.45, 2.75) is 38.6 Å². The Morgan fingerprint density at radius 2 is 1.81 bits per heavy atom. The highest BCUT2D eigenvalue weighted by Gasteiger charge is 2.40. The zero-order valence-electron chi connectivity index (χ0n) is 14.7. The number of carbonyl (C=O) groups excluding carboxylic acids is 3. The molecule has 0 radical (unpaired) electrons. The monoisotopic (exact) mass is 379 g/mol. The van der Waals surface area contributed by atoms with Crippen molar-refractivity contribution in [3.05, 3.63) is 51.4 Å². The van der Waals surface area contributed by atoms with Crippen molar-refractivity contribution in [1.82, 2.24) is 4.90 Å². The summed E-state index contributed by atoms with van der Waals surface area (Å²) in [5, 5.41) is 12.8. The van der Waals surface area contributed by atoms with E-state index in [-0.39, 0.29) is 0 Å². The predicted octanol–water partition coefficient (Wildman–Crippen LogP) is 3.12. The van der Waals surface area contributed by atoms with Gasteiger partial charge in [-0.05, 0) is 50.3 Å². The fourth-order valence-corrected chi connectivity index (χ4v) is 4.91. The van der Waals surface area contributed by atoms with Gasteiger partial charge >= 0.3 is 0 Å². The summed E-state index contributed by atoms with van der Waals surface area (Å²) in [7, 11) is 0. The highest BCUT2D eigenvalue weighted by atomic mass is 32.1. The number of nitrogens with one attached hydrogen (secondary N) is 1. The van der Waals surface area contributed by atoms with Crippen LogP contribution in [0.3, 0.4) is 0 Å². The SMILES string of the molecule is C[C@@H](C(=O)Nc1sc2c(c1C#N)CCCC2)N1C(=O)c2ccccc2C1=O. The van der Waals surface area contributed by atoms with Gasteiger partial charge in [-0.1, -0.05) is 12.1 Å². The summed E-state index contributed by atoms with van der Waals surface area (Å²) in [5.74, 6) is -1.41. The van der Waals surface area contributed by atoms with E-state index >= 15 is 0 Å². The molecule has 136 valence electrons. The van der Waals surface area contributed by atoms with Gasteiger partial charge in [0.25, 0.3) is 11.8 Å². The number of imide groups is 1. The Bertz CT molecular complexity index is 983. The molecule has 1 aromatic heterocycles. The van der Waals surface area contributed by atoms with Crippen molar-refractivity contribution in [2.24, 2.45) is 0 Å². The number of fused-ring (bicyclic) bond motifs is 2. The van der Waals surface area contributed by atoms with Crippen LogP contribution in [-0.2, 0) is 17.6 Å². The van der Waals surface area contributed by atoms with E-state index in [1.807, 2.05) is 0 Å². The maximum atomic E-state index is 12.8. The number of hydrogen-bond acceptors (Lipinski definition) is 5. The molecule has 1 atom stereocenters. The minimum absolute atomic E-state index is 0.312. The largest absolute Gasteiger partial charge is 0.315 e. The lowest BCUT2D eigenvalue weighted by molar-refractivity contribution is -0.119. The van der Waals surface area contributed by atoms with Crippen LogP contribution < -0.4 is 5.32 Å². The van der Waals surface area contributed by atoms with Gasteiger partial charge in [-0.25, -0.2) is 0 Å². The van der Waals surface area contributed by atoms with Crippen LogP contribution in [0, 0.1) is 11.3 Å². The molecular formula is C20H17N3O3S. The quantitative estimate of drug-likeness (QED) is 0.830. The zero-order valence-corrected chi connectivity index (χ0v) is 15.6. The average molecular weight is 379 g/mol. The normalized spacial score (nSPS) is 16.5. The molecule has 0 saturated carbocycles. The molecule has 0 saturated heterocycles. The van der Waals surface area contributed by atoms with Crippen molar-refractivity contribution in [3.8, 4) is 6.07 Å². The molecule has 2 aromatic rings. The van der Waals surface area contributed by atoms with Crippen molar-refractivity contribution >= 4 is 34.1 Å². The lowest BCUT2D eigenvalue weighted by Gasteiger charge is -2.21. The van der Waals surface area contributed by atoms with Crippen LogP contribution in [0.1, 0.15) is 56.5 Å². The van der Waals surface area contributed by atoms with E-state index in [1.54, 1.807) is 24.3 Å². The van der Waals surface area contributed by atoms with Crippen LogP contribution in [0.2, 0.25) is 0 Å². The molecule has 7 heteroatoms. The molecule has 3 amide bonds. The number of aryl methyl sites for hydroxylation is 1. The first-order valence-electron chi connectivity index (χ1n) is 8.85. The third-order valence-corrected chi connectivity index (χ3v) is 6.32. The molecule has 2 aliphatic rings. The van der Waals surface area contributed by atoms with E-state index in [9.17, 15) is 19.6 Å². The highest BCUT2D eigenvalue weighted by molar-refractivity contribution is 7.16. The van der Waals surface area contributed by atoms with Crippen LogP contribution in [0.25, 0.3) is 0 Å². The first-order chi connectivity index (χ1) is 13.0. The van der Waals surface area contributed by atoms with Gasteiger partial charge in [0.05, 0.1) is 16.7 Å². The van der Waals surface area contributed by atoms with Gasteiger partial charge < -0.3 is 5.32 Å². The van der Waals surface area contributed by atoms with E-state index in [1.165, 1.54) is 18.3 Å². The Morgan fingerprint density at radius 3 is 2.44 bits per heavy atom. The smallest absolute Gasteiger partial charge is 0.262 e. The lowest BCUT2D eigenvalue weighted by Crippen LogP contribution is -2.45. The minimum atomic E-state index is -0.969. The molecule has 1 aliphatic heterocycles. The van der Waals surface area contributed by atoms with E-state index < -0.39 is 23.8 Å². The molecule has 0 spiro atoms. The van der Waals surface area contributed by atoms with Crippen molar-refractivity contribution < 1.29 is 14.4 Å². The summed E-state index contributed by atoms with van der Waals surface area (Å²) in [6.07, 6.45) is 3.88. The number of benzene rings is 1. The standard InChI is InChI=1S/C20H17N3O3S/c1-11(23-19(25)13-7-2-3-8-14(13)20(23)26)17(24)22-18-15(10-21)12-6-4-5-9-16(12)27-18/h2-3,7-8,11H,4-6,9H2,1H3,(H,22,24)/t11-/m0/s1. The number of nitrogens with zero attached hydrogens (tertiary/aromatic N) is 2. The topological polar surface area (TPSA) is 90.3 Å². The van der Waals surface area contributed by atoms with Crippen molar-refractivity contribution in [1.29, 1.82) is 5.26 Å². The van der Waals surface area contributed by atoms with Crippen LogP contribution in [0.5, 0.6) is 0 Å². The number of hydrogen-bond donors (Lipinski definition) is 1. The number of nitriles is 1. The summed E-state index contributed by atoms with van der Waals surface area (Å²) in [6, 6.07) is 7.77. The van der Waals surface area contributed by atoms with Gasteiger partial charge in [-0.15, -0.1) is 11.3 Å². The summed E-state index contributed by atoms with van der Waals surface area (Å²) in [5.41, 5.74) is 2.16. The fourth-order valence-electron chi connectivity index (χ4n) is 3.67. The molecule has 0 bridgehead atoms. The summed E-state index contributed by atoms with van der Waals surface area (Å²) in [6.45, 7) is 1.52. The van der Waals surface area contributed by atoms with Crippen molar-refractivity contribution in [2.75, 3.05) is 5.32 Å². The third kappa shape index (κ3) is 2.73. The molecule has 1 N–H and O–H groups in total. The van der Waals surface area contributed by atoms with E-state index in [0.717, 1.165) is 41.0 Å². The molecule has 1 aromatic carbocycles. The fraction of sp³-hybridized carbons (Fsp3) is 0.300. The zero-order chi connectivity index (χ0) is 19.1. The molecular weight excluding hydrogens is 362 g/mol. The van der Waals surface area contributed by atoms with Gasteiger partial charge in [0.2, 0.25) is 5.91 Å². The second-order valence-corrected chi connectivity index (χ2v) is 7.82. The van der Waals surface area contributed by atoms with Crippen LogP contribution >= 0.6 is 11.3 Å². The van der Waals surface area contributed by atoms with E-state index in [2.05, 4.69) is 11.4 Å². The van der Waals surface area contributed by atoms with Gasteiger partial charge in [-0.3, -0.25) is 19.3 Å². The Labute approximate surface area is 160 Å². The number of thiophene rings is 1. The molecule has 4 rings (SSSR count). The molecule has 0 unspecified atom stereocenters. The number of carbonyl (C=O) groups is 3. The summed E-state index contributed by atoms with van der Waals surface area (Å²) >= 11 is 1.42. The van der Waals surface area contributed by atoms with Crippen LogP contribution in [0.4, 0.5) is 5.00 Å². The van der Waals surface area contributed by atoms with Gasteiger partial charge in [0, 0.05) is 4.88 Å². The number of anilines is 1. The minimum Gasteiger partial charge on any atom is -0.315 e. The van der Waals surface area contributed by atoms with Gasteiger partial charge in [0.1, 0.15) is 17.1 Å². The Morgan fingerprint density at radius 1 is 1.19 bits per heavy atom. The third-order valence-electron chi connectivity index (χ3n) is 5.11. The molecule has 1 aliphatic carbocycles. The van der Waals surface area contributed by atoms with E-state index in [0.29, 0.717) is 21.7 Å². The summed E-state index contributed by atoms with van der Waals surface area (Å²) in [4.78, 5) is 40.0. The summed E-state index contributed by atoms with van der Waals surface area (Å²) < 4.78 is 0. The molecule has 0 fully saturated rings. The van der Waals surface area contributed by atoms with Crippen LogP contribution in [-0.4, -0.2) is 28.7 Å². The second kappa shape index (κ2) is 6.63. The molecule has 27 heavy (non-hydrogen) atoms. The van der Waals surface area contributed by atoms with Gasteiger partial charge in [0.15, 0.2) is 0 Å². The number of rotatable bonds is 3. The first kappa shape index (κ1) is 17.4. The Hall–Kier alpha value is -2.98. The number of amides is 3. The first-order valence-corrected chi connectivity index (χ1v) is 9.67. The predicted molar refractivity (Wildman–Crippen MR) is 101 cm³/mol. The Balaban J connectivity index is 1.58. The maximum absolute atomic E-state index is 12.8. The maximum Gasteiger partial charge on any atom is 0.262 e. The Kier molecular flexibility index (Phi) is 4.28. The van der Waals surface area contributed by atoms with E-state index in [4.69, 9.17) is 0 Å². The molecule has 6 nitrogen and oxygen atoms in total. The molecule has 2 heterocycles. The highest BCUT2D eigenvalue weighted by Crippen LogP contribution is 2.38. The second-order valence-electron chi connectivity index (χ2n) is 6.72. The van der Waals surface area contributed by atoms with Crippen LogP contribution in [0.15, 0.2) is 24.3 Å². The lowest BCUT2D eigenvalue weighted by atomic mass is 9.96.